The summed E-state index contributed by atoms with van der Waals surface area (Å²) in [5.74, 6) is 2.88. The predicted molar refractivity (Wildman–Crippen MR) is 79.6 cm³/mol. The first-order valence-corrected chi connectivity index (χ1v) is 8.16. The SMILES string of the molecule is c1cnc(N2CCCC(NC3CC4CCC3C4)C2)nc1. The summed E-state index contributed by atoms with van der Waals surface area (Å²) in [7, 11) is 0. The minimum Gasteiger partial charge on any atom is -0.339 e. The Kier molecular flexibility index (Phi) is 3.34. The van der Waals surface area contributed by atoms with Crippen molar-refractivity contribution in [2.45, 2.75) is 50.6 Å². The molecule has 0 amide bonds. The first-order chi connectivity index (χ1) is 9.88. The molecule has 1 N–H and O–H groups in total. The maximum atomic E-state index is 4.39. The zero-order valence-electron chi connectivity index (χ0n) is 12.0. The van der Waals surface area contributed by atoms with E-state index in [1.54, 1.807) is 0 Å². The number of hydrogen-bond acceptors (Lipinski definition) is 4. The van der Waals surface area contributed by atoms with Gasteiger partial charge in [0.2, 0.25) is 5.95 Å². The van der Waals surface area contributed by atoms with Crippen LogP contribution in [0.3, 0.4) is 0 Å². The third-order valence-electron chi connectivity index (χ3n) is 5.44. The first-order valence-electron chi connectivity index (χ1n) is 8.16. The molecule has 1 saturated heterocycles. The molecule has 2 heterocycles. The number of nitrogens with zero attached hydrogens (tertiary/aromatic N) is 3. The highest BCUT2D eigenvalue weighted by molar-refractivity contribution is 5.29. The lowest BCUT2D eigenvalue weighted by Crippen LogP contribution is -2.50. The Balaban J connectivity index is 1.37. The van der Waals surface area contributed by atoms with Crippen molar-refractivity contribution in [1.29, 1.82) is 0 Å². The lowest BCUT2D eigenvalue weighted by atomic mass is 9.93. The Bertz CT molecular complexity index is 449. The van der Waals surface area contributed by atoms with Crippen LogP contribution in [0.4, 0.5) is 5.95 Å². The second kappa shape index (κ2) is 5.32. The van der Waals surface area contributed by atoms with Crippen LogP contribution in [-0.4, -0.2) is 35.1 Å². The molecule has 1 aliphatic heterocycles. The van der Waals surface area contributed by atoms with Gasteiger partial charge in [0, 0.05) is 37.6 Å². The predicted octanol–water partition coefficient (Wildman–Crippen LogP) is 2.22. The molecule has 3 aliphatic rings. The molecule has 108 valence electrons. The monoisotopic (exact) mass is 272 g/mol. The van der Waals surface area contributed by atoms with Crippen LogP contribution in [0.15, 0.2) is 18.5 Å². The minimum absolute atomic E-state index is 0.622. The van der Waals surface area contributed by atoms with Crippen molar-refractivity contribution in [2.24, 2.45) is 11.8 Å². The molecule has 1 aromatic rings. The lowest BCUT2D eigenvalue weighted by Gasteiger charge is -2.36. The van der Waals surface area contributed by atoms with Gasteiger partial charge in [-0.2, -0.15) is 0 Å². The fraction of sp³-hybridized carbons (Fsp3) is 0.750. The molecule has 2 bridgehead atoms. The summed E-state index contributed by atoms with van der Waals surface area (Å²) in [6.45, 7) is 2.16. The van der Waals surface area contributed by atoms with E-state index >= 15 is 0 Å². The van der Waals surface area contributed by atoms with E-state index in [0.717, 1.165) is 36.9 Å². The van der Waals surface area contributed by atoms with E-state index in [1.165, 1.54) is 38.5 Å². The highest BCUT2D eigenvalue weighted by atomic mass is 15.3. The van der Waals surface area contributed by atoms with Gasteiger partial charge in [0.1, 0.15) is 0 Å². The summed E-state index contributed by atoms with van der Waals surface area (Å²) < 4.78 is 0. The van der Waals surface area contributed by atoms with E-state index in [0.29, 0.717) is 6.04 Å². The fourth-order valence-electron chi connectivity index (χ4n) is 4.50. The summed E-state index contributed by atoms with van der Waals surface area (Å²) in [6.07, 6.45) is 12.1. The number of anilines is 1. The van der Waals surface area contributed by atoms with Crippen molar-refractivity contribution in [1.82, 2.24) is 15.3 Å². The van der Waals surface area contributed by atoms with E-state index < -0.39 is 0 Å². The quantitative estimate of drug-likeness (QED) is 0.916. The molecule has 4 unspecified atom stereocenters. The van der Waals surface area contributed by atoms with Crippen molar-refractivity contribution in [3.8, 4) is 0 Å². The third kappa shape index (κ3) is 2.41. The largest absolute Gasteiger partial charge is 0.339 e. The molecule has 4 heteroatoms. The Morgan fingerprint density at radius 3 is 2.75 bits per heavy atom. The van der Waals surface area contributed by atoms with Crippen molar-refractivity contribution in [2.75, 3.05) is 18.0 Å². The normalized spacial score (nSPS) is 36.5. The van der Waals surface area contributed by atoms with E-state index in [9.17, 15) is 0 Å². The van der Waals surface area contributed by atoms with Crippen LogP contribution in [0.25, 0.3) is 0 Å². The summed E-state index contributed by atoms with van der Waals surface area (Å²) in [6, 6.07) is 3.30. The van der Waals surface area contributed by atoms with Gasteiger partial charge in [-0.1, -0.05) is 6.42 Å². The number of hydrogen-bond donors (Lipinski definition) is 1. The standard InChI is InChI=1S/C16H24N4/c1-3-14(19-15-10-12-4-5-13(15)9-12)11-20(8-1)16-17-6-2-7-18-16/h2,6-7,12-15,19H,1,3-5,8-11H2. The van der Waals surface area contributed by atoms with Gasteiger partial charge in [0.15, 0.2) is 0 Å². The smallest absolute Gasteiger partial charge is 0.225 e. The Labute approximate surface area is 121 Å². The molecule has 20 heavy (non-hydrogen) atoms. The molecule has 2 saturated carbocycles. The maximum absolute atomic E-state index is 4.39. The van der Waals surface area contributed by atoms with Crippen molar-refractivity contribution >= 4 is 5.95 Å². The second-order valence-electron chi connectivity index (χ2n) is 6.78. The molecule has 2 aliphatic carbocycles. The van der Waals surface area contributed by atoms with Gasteiger partial charge in [-0.3, -0.25) is 0 Å². The van der Waals surface area contributed by atoms with E-state index in [2.05, 4.69) is 20.2 Å². The van der Waals surface area contributed by atoms with E-state index in [1.807, 2.05) is 18.5 Å². The molecule has 4 nitrogen and oxygen atoms in total. The average Bonchev–Trinajstić information content (AvgIpc) is 3.11. The zero-order chi connectivity index (χ0) is 13.4. The van der Waals surface area contributed by atoms with Gasteiger partial charge in [-0.25, -0.2) is 9.97 Å². The van der Waals surface area contributed by atoms with Crippen LogP contribution in [0.5, 0.6) is 0 Å². The third-order valence-corrected chi connectivity index (χ3v) is 5.44. The average molecular weight is 272 g/mol. The summed E-state index contributed by atoms with van der Waals surface area (Å²) >= 11 is 0. The van der Waals surface area contributed by atoms with Crippen LogP contribution >= 0.6 is 0 Å². The Hall–Kier alpha value is -1.16. The molecule has 0 radical (unpaired) electrons. The first kappa shape index (κ1) is 12.6. The van der Waals surface area contributed by atoms with Crippen LogP contribution in [0, 0.1) is 11.8 Å². The number of fused-ring (bicyclic) bond motifs is 2. The minimum atomic E-state index is 0.622. The summed E-state index contributed by atoms with van der Waals surface area (Å²) in [5, 5.41) is 3.95. The van der Waals surface area contributed by atoms with E-state index in [-0.39, 0.29) is 0 Å². The maximum Gasteiger partial charge on any atom is 0.225 e. The Morgan fingerprint density at radius 2 is 2.00 bits per heavy atom. The molecule has 1 aromatic heterocycles. The topological polar surface area (TPSA) is 41.1 Å². The number of nitrogens with one attached hydrogen (secondary N) is 1. The molecular weight excluding hydrogens is 248 g/mol. The lowest BCUT2D eigenvalue weighted by molar-refractivity contribution is 0.296. The highest BCUT2D eigenvalue weighted by Gasteiger charge is 2.40. The van der Waals surface area contributed by atoms with Crippen molar-refractivity contribution in [3.63, 3.8) is 0 Å². The molecule has 3 fully saturated rings. The van der Waals surface area contributed by atoms with Gasteiger partial charge in [-0.05, 0) is 50.0 Å². The fourth-order valence-corrected chi connectivity index (χ4v) is 4.50. The highest BCUT2D eigenvalue weighted by Crippen LogP contribution is 2.44. The van der Waals surface area contributed by atoms with Crippen LogP contribution in [0.2, 0.25) is 0 Å². The molecule has 4 atom stereocenters. The second-order valence-corrected chi connectivity index (χ2v) is 6.78. The van der Waals surface area contributed by atoms with Crippen LogP contribution in [0.1, 0.15) is 38.5 Å². The van der Waals surface area contributed by atoms with Gasteiger partial charge in [0.05, 0.1) is 0 Å². The van der Waals surface area contributed by atoms with Gasteiger partial charge in [-0.15, -0.1) is 0 Å². The molecule has 4 rings (SSSR count). The van der Waals surface area contributed by atoms with Crippen LogP contribution in [-0.2, 0) is 0 Å². The molecule has 0 spiro atoms. The zero-order valence-corrected chi connectivity index (χ0v) is 12.0. The van der Waals surface area contributed by atoms with Gasteiger partial charge < -0.3 is 10.2 Å². The molecular formula is C16H24N4. The van der Waals surface area contributed by atoms with Crippen molar-refractivity contribution < 1.29 is 0 Å². The number of aromatic nitrogens is 2. The summed E-state index contributed by atoms with van der Waals surface area (Å²) in [4.78, 5) is 11.1. The van der Waals surface area contributed by atoms with Crippen LogP contribution < -0.4 is 10.2 Å². The summed E-state index contributed by atoms with van der Waals surface area (Å²) in [5.41, 5.74) is 0. The van der Waals surface area contributed by atoms with Crippen molar-refractivity contribution in [3.05, 3.63) is 18.5 Å². The molecule has 0 aromatic carbocycles. The van der Waals surface area contributed by atoms with Gasteiger partial charge in [0.25, 0.3) is 0 Å². The number of rotatable bonds is 3. The Morgan fingerprint density at radius 1 is 1.10 bits per heavy atom. The van der Waals surface area contributed by atoms with Gasteiger partial charge >= 0.3 is 0 Å². The van der Waals surface area contributed by atoms with E-state index in [4.69, 9.17) is 0 Å². The number of piperidine rings is 1.